The molecular formula is C19H25N5O. The molecule has 1 aromatic heterocycles. The Morgan fingerprint density at radius 3 is 2.56 bits per heavy atom. The van der Waals surface area contributed by atoms with E-state index in [1.165, 1.54) is 0 Å². The van der Waals surface area contributed by atoms with Gasteiger partial charge in [0.15, 0.2) is 5.82 Å². The zero-order valence-electron chi connectivity index (χ0n) is 14.9. The third kappa shape index (κ3) is 4.61. The smallest absolute Gasteiger partial charge is 0.225 e. The van der Waals surface area contributed by atoms with Crippen LogP contribution in [0.1, 0.15) is 5.56 Å². The number of hydrogen-bond acceptors (Lipinski definition) is 5. The van der Waals surface area contributed by atoms with Crippen molar-refractivity contribution in [2.24, 2.45) is 5.92 Å². The molecule has 132 valence electrons. The summed E-state index contributed by atoms with van der Waals surface area (Å²) >= 11 is 0. The summed E-state index contributed by atoms with van der Waals surface area (Å²) in [6.07, 6.45) is 3.78. The Kier molecular flexibility index (Phi) is 5.73. The van der Waals surface area contributed by atoms with Gasteiger partial charge in [0.05, 0.1) is 5.92 Å². The highest BCUT2D eigenvalue weighted by Gasteiger charge is 2.25. The van der Waals surface area contributed by atoms with Crippen LogP contribution in [-0.2, 0) is 11.3 Å². The minimum atomic E-state index is -0.0120. The van der Waals surface area contributed by atoms with Gasteiger partial charge in [-0.2, -0.15) is 0 Å². The van der Waals surface area contributed by atoms with Gasteiger partial charge in [0.25, 0.3) is 0 Å². The second-order valence-electron chi connectivity index (χ2n) is 6.59. The summed E-state index contributed by atoms with van der Waals surface area (Å²) in [6.45, 7) is 4.20. The van der Waals surface area contributed by atoms with Crippen molar-refractivity contribution in [3.05, 3.63) is 48.3 Å². The number of carbonyl (C=O) groups is 1. The summed E-state index contributed by atoms with van der Waals surface area (Å²) in [5.74, 6) is 0.833. The molecule has 25 heavy (non-hydrogen) atoms. The van der Waals surface area contributed by atoms with Crippen molar-refractivity contribution >= 4 is 5.91 Å². The molecule has 6 heteroatoms. The van der Waals surface area contributed by atoms with Crippen LogP contribution in [0.4, 0.5) is 0 Å². The van der Waals surface area contributed by atoms with Crippen molar-refractivity contribution in [1.29, 1.82) is 0 Å². The van der Waals surface area contributed by atoms with E-state index in [0.29, 0.717) is 0 Å². The van der Waals surface area contributed by atoms with E-state index in [0.717, 1.165) is 49.7 Å². The summed E-state index contributed by atoms with van der Waals surface area (Å²) in [6, 6.07) is 9.97. The van der Waals surface area contributed by atoms with Crippen LogP contribution in [0.5, 0.6) is 0 Å². The Morgan fingerprint density at radius 2 is 1.88 bits per heavy atom. The Morgan fingerprint density at radius 1 is 1.16 bits per heavy atom. The molecule has 1 atom stereocenters. The highest BCUT2D eigenvalue weighted by molar-refractivity contribution is 5.78. The lowest BCUT2D eigenvalue weighted by Crippen LogP contribution is -2.39. The van der Waals surface area contributed by atoms with Crippen LogP contribution in [0.3, 0.4) is 0 Å². The number of likely N-dealkylation sites (N-methyl/N-ethyl adjacent to an activating group) is 1. The third-order valence-corrected chi connectivity index (χ3v) is 4.57. The summed E-state index contributed by atoms with van der Waals surface area (Å²) in [5, 5.41) is 2.78. The minimum absolute atomic E-state index is 0.0120. The molecule has 1 N–H and O–H groups in total. The molecule has 2 heterocycles. The summed E-state index contributed by atoms with van der Waals surface area (Å²) in [7, 11) is 3.77. The topological polar surface area (TPSA) is 61.4 Å². The number of nitrogens with one attached hydrogen (secondary N) is 1. The van der Waals surface area contributed by atoms with E-state index in [1.807, 2.05) is 42.7 Å². The van der Waals surface area contributed by atoms with Gasteiger partial charge < -0.3 is 10.2 Å². The molecule has 1 aromatic carbocycles. The Balaban J connectivity index is 1.67. The van der Waals surface area contributed by atoms with Crippen LogP contribution in [0.15, 0.2) is 42.7 Å². The number of aromatic nitrogens is 2. The first-order valence-corrected chi connectivity index (χ1v) is 8.64. The molecule has 2 aromatic rings. The van der Waals surface area contributed by atoms with E-state index in [1.54, 1.807) is 7.05 Å². The molecule has 1 aliphatic rings. The van der Waals surface area contributed by atoms with Crippen molar-refractivity contribution in [2.75, 3.05) is 40.3 Å². The van der Waals surface area contributed by atoms with Crippen molar-refractivity contribution < 1.29 is 4.79 Å². The van der Waals surface area contributed by atoms with Gasteiger partial charge in [-0.3, -0.25) is 9.69 Å². The first kappa shape index (κ1) is 17.5. The van der Waals surface area contributed by atoms with E-state index >= 15 is 0 Å². The normalized spacial score (nSPS) is 19.4. The molecule has 1 fully saturated rings. The molecule has 6 nitrogen and oxygen atoms in total. The van der Waals surface area contributed by atoms with Gasteiger partial charge in [0.2, 0.25) is 5.91 Å². The third-order valence-electron chi connectivity index (χ3n) is 4.57. The average Bonchev–Trinajstić information content (AvgIpc) is 2.84. The molecule has 1 unspecified atom stereocenters. The van der Waals surface area contributed by atoms with Gasteiger partial charge in [0.1, 0.15) is 0 Å². The monoisotopic (exact) mass is 339 g/mol. The van der Waals surface area contributed by atoms with Crippen molar-refractivity contribution in [1.82, 2.24) is 25.1 Å². The maximum Gasteiger partial charge on any atom is 0.225 e. The molecule has 0 aliphatic carbocycles. The van der Waals surface area contributed by atoms with E-state index in [9.17, 15) is 4.79 Å². The Hall–Kier alpha value is -2.31. The molecule has 0 radical (unpaired) electrons. The lowest BCUT2D eigenvalue weighted by molar-refractivity contribution is -0.125. The van der Waals surface area contributed by atoms with Crippen LogP contribution in [0.25, 0.3) is 11.4 Å². The van der Waals surface area contributed by atoms with Crippen LogP contribution in [0.2, 0.25) is 0 Å². The maximum atomic E-state index is 12.1. The number of rotatable bonds is 4. The predicted molar refractivity (Wildman–Crippen MR) is 97.8 cm³/mol. The fourth-order valence-corrected chi connectivity index (χ4v) is 3.18. The number of benzene rings is 1. The van der Waals surface area contributed by atoms with Crippen LogP contribution in [-0.4, -0.2) is 65.9 Å². The standard InChI is InChI=1S/C19H25N5O/c1-20-19(25)17-13-23(2)8-9-24(14-17)12-15-10-21-18(22-11-15)16-6-4-3-5-7-16/h3-7,10-11,17H,8-9,12-14H2,1-2H3,(H,20,25). The molecule has 1 saturated heterocycles. The van der Waals surface area contributed by atoms with Gasteiger partial charge in [0, 0.05) is 63.3 Å². The van der Waals surface area contributed by atoms with Crippen molar-refractivity contribution in [3.63, 3.8) is 0 Å². The second kappa shape index (κ2) is 8.18. The minimum Gasteiger partial charge on any atom is -0.359 e. The van der Waals surface area contributed by atoms with Crippen molar-refractivity contribution in [2.45, 2.75) is 6.54 Å². The highest BCUT2D eigenvalue weighted by Crippen LogP contribution is 2.15. The average molecular weight is 339 g/mol. The van der Waals surface area contributed by atoms with Gasteiger partial charge in [-0.05, 0) is 7.05 Å². The lowest BCUT2D eigenvalue weighted by atomic mass is 10.1. The maximum absolute atomic E-state index is 12.1. The summed E-state index contributed by atoms with van der Waals surface area (Å²) in [5.41, 5.74) is 2.09. The SMILES string of the molecule is CNC(=O)C1CN(C)CCN(Cc2cnc(-c3ccccc3)nc2)C1. The predicted octanol–water partition coefficient (Wildman–Crippen LogP) is 1.25. The molecular weight excluding hydrogens is 314 g/mol. The van der Waals surface area contributed by atoms with Crippen molar-refractivity contribution in [3.8, 4) is 11.4 Å². The van der Waals surface area contributed by atoms with Gasteiger partial charge >= 0.3 is 0 Å². The summed E-state index contributed by atoms with van der Waals surface area (Å²) < 4.78 is 0. The molecule has 1 amide bonds. The van der Waals surface area contributed by atoms with Crippen LogP contribution < -0.4 is 5.32 Å². The van der Waals surface area contributed by atoms with Gasteiger partial charge in [-0.1, -0.05) is 30.3 Å². The number of nitrogens with zero attached hydrogens (tertiary/aromatic N) is 4. The Bertz CT molecular complexity index is 689. The van der Waals surface area contributed by atoms with Crippen LogP contribution >= 0.6 is 0 Å². The quantitative estimate of drug-likeness (QED) is 0.908. The largest absolute Gasteiger partial charge is 0.359 e. The number of carbonyl (C=O) groups excluding carboxylic acids is 1. The first-order chi connectivity index (χ1) is 12.2. The lowest BCUT2D eigenvalue weighted by Gasteiger charge is -2.22. The van der Waals surface area contributed by atoms with Gasteiger partial charge in [-0.25, -0.2) is 9.97 Å². The fourth-order valence-electron chi connectivity index (χ4n) is 3.18. The molecule has 0 bridgehead atoms. The number of amides is 1. The van der Waals surface area contributed by atoms with E-state index < -0.39 is 0 Å². The zero-order valence-corrected chi connectivity index (χ0v) is 14.9. The van der Waals surface area contributed by atoms with E-state index in [4.69, 9.17) is 0 Å². The molecule has 3 rings (SSSR count). The zero-order chi connectivity index (χ0) is 17.6. The van der Waals surface area contributed by atoms with E-state index in [2.05, 4.69) is 32.1 Å². The first-order valence-electron chi connectivity index (χ1n) is 8.64. The van der Waals surface area contributed by atoms with E-state index in [-0.39, 0.29) is 11.8 Å². The Labute approximate surface area is 148 Å². The molecule has 0 spiro atoms. The number of hydrogen-bond donors (Lipinski definition) is 1. The van der Waals surface area contributed by atoms with Gasteiger partial charge in [-0.15, -0.1) is 0 Å². The van der Waals surface area contributed by atoms with Crippen LogP contribution in [0, 0.1) is 5.92 Å². The molecule has 0 saturated carbocycles. The second-order valence-corrected chi connectivity index (χ2v) is 6.59. The fraction of sp³-hybridized carbons (Fsp3) is 0.421. The summed E-state index contributed by atoms with van der Waals surface area (Å²) in [4.78, 5) is 25.6. The molecule has 1 aliphatic heterocycles. The highest BCUT2D eigenvalue weighted by atomic mass is 16.1.